The fraction of sp³-hybridized carbons (Fsp3) is 0.472. The lowest BCUT2D eigenvalue weighted by Crippen LogP contribution is -2.14. The van der Waals surface area contributed by atoms with Crippen LogP contribution in [0, 0.1) is 12.8 Å². The standard InChI is InChI=1S/C27H29ClN2O.C5H10O.C4H10/c1-4-6-7-22(5-2)31-23-14-12-20(13-15-23)19-8-10-21(11-9-19)27-24(28)17-26-25(30-27)16-18(3)29-26;1-5-2-3-6-4-5;1-3-4-2/h8-17,22,29H,4-7H2,1-3H3;5H,2-4H2,1H3;3-4H2,1-2H3. The zero-order valence-corrected chi connectivity index (χ0v) is 26.7. The minimum atomic E-state index is 0.295. The number of hydrogen-bond acceptors (Lipinski definition) is 3. The zero-order valence-electron chi connectivity index (χ0n) is 25.9. The van der Waals surface area contributed by atoms with Crippen LogP contribution in [0.15, 0.2) is 60.7 Å². The fourth-order valence-electron chi connectivity index (χ4n) is 4.54. The topological polar surface area (TPSA) is 47.1 Å². The van der Waals surface area contributed by atoms with E-state index in [0.717, 1.165) is 76.8 Å². The number of H-pyrrole nitrogens is 1. The van der Waals surface area contributed by atoms with Crippen molar-refractivity contribution >= 4 is 22.6 Å². The molecule has 2 atom stereocenters. The van der Waals surface area contributed by atoms with Gasteiger partial charge in [-0.25, -0.2) is 4.98 Å². The summed E-state index contributed by atoms with van der Waals surface area (Å²) in [6.45, 7) is 15.0. The number of nitrogens with one attached hydrogen (secondary N) is 1. The van der Waals surface area contributed by atoms with Crippen LogP contribution in [0.4, 0.5) is 0 Å². The Morgan fingerprint density at radius 2 is 1.56 bits per heavy atom. The molecule has 0 radical (unpaired) electrons. The molecule has 222 valence electrons. The van der Waals surface area contributed by atoms with Crippen LogP contribution in [-0.4, -0.2) is 29.3 Å². The molecule has 0 saturated carbocycles. The van der Waals surface area contributed by atoms with Crippen LogP contribution in [-0.2, 0) is 4.74 Å². The molecule has 3 heterocycles. The zero-order chi connectivity index (χ0) is 29.6. The molecule has 1 fully saturated rings. The van der Waals surface area contributed by atoms with Crippen molar-refractivity contribution in [2.45, 2.75) is 92.6 Å². The van der Waals surface area contributed by atoms with Crippen molar-refractivity contribution in [3.05, 3.63) is 71.4 Å². The van der Waals surface area contributed by atoms with Gasteiger partial charge in [0.05, 0.1) is 27.9 Å². The number of fused-ring (bicyclic) bond motifs is 1. The van der Waals surface area contributed by atoms with Crippen molar-refractivity contribution in [1.82, 2.24) is 9.97 Å². The number of rotatable bonds is 9. The fourth-order valence-corrected chi connectivity index (χ4v) is 4.80. The van der Waals surface area contributed by atoms with Gasteiger partial charge in [0.1, 0.15) is 5.75 Å². The minimum absolute atomic E-state index is 0.295. The lowest BCUT2D eigenvalue weighted by Gasteiger charge is -2.17. The smallest absolute Gasteiger partial charge is 0.119 e. The molecule has 1 N–H and O–H groups in total. The number of aromatic nitrogens is 2. The van der Waals surface area contributed by atoms with Crippen LogP contribution < -0.4 is 4.74 Å². The third kappa shape index (κ3) is 10.2. The molecule has 1 saturated heterocycles. The average Bonchev–Trinajstić information content (AvgIpc) is 3.62. The van der Waals surface area contributed by atoms with Gasteiger partial charge in [0.2, 0.25) is 0 Å². The SMILES string of the molecule is CC1CCOC1.CCCC.CCCCC(CC)Oc1ccc(-c2ccc(-c3nc4cc(C)[nH]c4cc3Cl)cc2)cc1. The van der Waals surface area contributed by atoms with E-state index in [1.807, 2.05) is 19.1 Å². The molecule has 4 aromatic rings. The van der Waals surface area contributed by atoms with Gasteiger partial charge in [-0.15, -0.1) is 0 Å². The monoisotopic (exact) mass is 576 g/mol. The number of benzene rings is 2. The first kappa shape index (κ1) is 32.7. The second-order valence-corrected chi connectivity index (χ2v) is 11.5. The number of unbranched alkanes of at least 4 members (excludes halogenated alkanes) is 2. The van der Waals surface area contributed by atoms with Gasteiger partial charge in [0, 0.05) is 24.5 Å². The number of halogens is 1. The number of ether oxygens (including phenoxy) is 2. The van der Waals surface area contributed by atoms with Crippen molar-refractivity contribution in [3.63, 3.8) is 0 Å². The molecule has 0 bridgehead atoms. The van der Waals surface area contributed by atoms with Gasteiger partial charge in [-0.05, 0) is 67.5 Å². The molecule has 2 aromatic heterocycles. The van der Waals surface area contributed by atoms with Crippen molar-refractivity contribution < 1.29 is 9.47 Å². The second kappa shape index (κ2) is 17.2. The number of hydrogen-bond donors (Lipinski definition) is 1. The van der Waals surface area contributed by atoms with Gasteiger partial charge in [0.15, 0.2) is 0 Å². The molecular weight excluding hydrogens is 528 g/mol. The van der Waals surface area contributed by atoms with Crippen molar-refractivity contribution in [2.75, 3.05) is 13.2 Å². The molecule has 5 rings (SSSR count). The van der Waals surface area contributed by atoms with Crippen LogP contribution in [0.3, 0.4) is 0 Å². The molecule has 0 aliphatic carbocycles. The highest BCUT2D eigenvalue weighted by atomic mass is 35.5. The Bertz CT molecular complexity index is 1290. The number of aryl methyl sites for hydroxylation is 1. The summed E-state index contributed by atoms with van der Waals surface area (Å²) in [6, 6.07) is 20.8. The van der Waals surface area contributed by atoms with Crippen LogP contribution in [0.5, 0.6) is 5.75 Å². The van der Waals surface area contributed by atoms with Crippen LogP contribution in [0.25, 0.3) is 33.4 Å². The molecular formula is C36H49ClN2O2. The largest absolute Gasteiger partial charge is 0.490 e. The van der Waals surface area contributed by atoms with E-state index < -0.39 is 0 Å². The summed E-state index contributed by atoms with van der Waals surface area (Å²) >= 11 is 6.51. The average molecular weight is 577 g/mol. The van der Waals surface area contributed by atoms with Crippen LogP contribution in [0.2, 0.25) is 5.02 Å². The molecule has 4 nitrogen and oxygen atoms in total. The van der Waals surface area contributed by atoms with E-state index in [2.05, 4.69) is 88.1 Å². The third-order valence-electron chi connectivity index (χ3n) is 7.33. The number of aromatic amines is 1. The summed E-state index contributed by atoms with van der Waals surface area (Å²) in [6.07, 6.45) is 8.75. The number of nitrogens with zero attached hydrogens (tertiary/aromatic N) is 1. The van der Waals surface area contributed by atoms with Crippen LogP contribution in [0.1, 0.15) is 85.3 Å². The predicted molar refractivity (Wildman–Crippen MR) is 176 cm³/mol. The van der Waals surface area contributed by atoms with E-state index in [9.17, 15) is 0 Å². The molecule has 0 spiro atoms. The van der Waals surface area contributed by atoms with E-state index in [1.165, 1.54) is 32.1 Å². The Balaban J connectivity index is 0.000000393. The number of pyridine rings is 1. The maximum Gasteiger partial charge on any atom is 0.119 e. The molecule has 2 unspecified atom stereocenters. The maximum atomic E-state index is 6.51. The van der Waals surface area contributed by atoms with E-state index in [-0.39, 0.29) is 0 Å². The van der Waals surface area contributed by atoms with Crippen molar-refractivity contribution in [3.8, 4) is 28.1 Å². The van der Waals surface area contributed by atoms with E-state index >= 15 is 0 Å². The first-order valence-electron chi connectivity index (χ1n) is 15.5. The Labute approximate surface area is 252 Å². The summed E-state index contributed by atoms with van der Waals surface area (Å²) in [5.41, 5.74) is 7.11. The van der Waals surface area contributed by atoms with Gasteiger partial charge < -0.3 is 14.5 Å². The Kier molecular flexibility index (Phi) is 13.7. The summed E-state index contributed by atoms with van der Waals surface area (Å²) in [5.74, 6) is 1.76. The third-order valence-corrected chi connectivity index (χ3v) is 7.62. The molecule has 5 heteroatoms. The van der Waals surface area contributed by atoms with Gasteiger partial charge in [-0.1, -0.05) is 108 Å². The lowest BCUT2D eigenvalue weighted by atomic mass is 10.0. The first-order chi connectivity index (χ1) is 19.9. The normalized spacial score (nSPS) is 15.0. The van der Waals surface area contributed by atoms with Crippen molar-refractivity contribution in [1.29, 1.82) is 0 Å². The highest BCUT2D eigenvalue weighted by Gasteiger charge is 2.11. The van der Waals surface area contributed by atoms with Crippen molar-refractivity contribution in [2.24, 2.45) is 5.92 Å². The Morgan fingerprint density at radius 3 is 2.07 bits per heavy atom. The molecule has 2 aromatic carbocycles. The highest BCUT2D eigenvalue weighted by Crippen LogP contribution is 2.31. The lowest BCUT2D eigenvalue weighted by molar-refractivity contribution is 0.183. The van der Waals surface area contributed by atoms with E-state index in [0.29, 0.717) is 11.1 Å². The van der Waals surface area contributed by atoms with E-state index in [4.69, 9.17) is 26.1 Å². The molecule has 1 aliphatic heterocycles. The molecule has 0 amide bonds. The van der Waals surface area contributed by atoms with Gasteiger partial charge in [-0.3, -0.25) is 0 Å². The maximum absolute atomic E-state index is 6.51. The minimum Gasteiger partial charge on any atom is -0.490 e. The first-order valence-corrected chi connectivity index (χ1v) is 15.9. The molecule has 41 heavy (non-hydrogen) atoms. The van der Waals surface area contributed by atoms with Gasteiger partial charge >= 0.3 is 0 Å². The summed E-state index contributed by atoms with van der Waals surface area (Å²) in [4.78, 5) is 8.04. The Hall–Kier alpha value is -2.82. The van der Waals surface area contributed by atoms with E-state index in [1.54, 1.807) is 0 Å². The highest BCUT2D eigenvalue weighted by molar-refractivity contribution is 6.33. The summed E-state index contributed by atoms with van der Waals surface area (Å²) in [5, 5.41) is 0.650. The van der Waals surface area contributed by atoms with Gasteiger partial charge in [-0.2, -0.15) is 0 Å². The van der Waals surface area contributed by atoms with Gasteiger partial charge in [0.25, 0.3) is 0 Å². The molecule has 1 aliphatic rings. The van der Waals surface area contributed by atoms with Crippen LogP contribution >= 0.6 is 11.6 Å². The predicted octanol–water partition coefficient (Wildman–Crippen LogP) is 11.1. The quantitative estimate of drug-likeness (QED) is 0.215. The second-order valence-electron chi connectivity index (χ2n) is 11.1. The summed E-state index contributed by atoms with van der Waals surface area (Å²) < 4.78 is 11.2. The summed E-state index contributed by atoms with van der Waals surface area (Å²) in [7, 11) is 0. The Morgan fingerprint density at radius 1 is 0.927 bits per heavy atom.